The Bertz CT molecular complexity index is 5550. The standard InChI is InChI=1S/C25H21ClN2O4S.C19H21ClN2O3S.C18H22BNO4.C17H19ClN2O2S.C13H11BrClNO2S.C2H6O.C2H6/c1-15(28-23(29)19-4-2-3-5-20(19)24(28)30)6-10-18-13-27-25(33-18)32-22-11-9-17(12-21(22)26)31-14-16-7-8-16;1-12(22-13(2)23)3-7-16-10-21-19(26-16)25-18-8-6-15(9-17(18)20)24-11-14-4-5-14;1-12(10-11-19-23-17(2,3)18(4,5)24-19)20-15(21)13-8-6-7-9-14(13)16(20)22;1-11(19)2-6-14-9-20-17(23-14)22-16-7-5-13(8-15(16)18)21-10-12-3-4-12;14-12-6-16-13(19-12)18-11-4-3-9(5-10(11)15)17-7-8-1-2-8;1-2-3;1-2/h2-6,9-13,15-16H,7-8,14H2,1H3;3,6-10,12,14H,4-5,11H2,1-2H3,(H,22,23);6-12H,1-5H3;2,5-9,11-12H,3-4,10,19H2,1H3;3-6,8H,1-2,7H2;3H,2H2,1H3;1-2H3/b10-6+;7-3+;11-10+;6-2+;;;/t15-;2*12-;11-;;;/m0000.../s1. The van der Waals surface area contributed by atoms with Crippen molar-refractivity contribution in [2.24, 2.45) is 29.4 Å². The number of thiazole rings is 4. The summed E-state index contributed by atoms with van der Waals surface area (Å²) in [4.78, 5) is 83.3. The van der Waals surface area contributed by atoms with Gasteiger partial charge < -0.3 is 63.4 Å². The van der Waals surface area contributed by atoms with E-state index in [0.717, 1.165) is 73.8 Å². The van der Waals surface area contributed by atoms with Crippen LogP contribution in [0.15, 0.2) is 180 Å². The Labute approximate surface area is 803 Å². The van der Waals surface area contributed by atoms with Gasteiger partial charge in [0.05, 0.1) is 117 Å². The minimum absolute atomic E-state index is 0.0131. The van der Waals surface area contributed by atoms with E-state index >= 15 is 0 Å². The highest BCUT2D eigenvalue weighted by atomic mass is 79.9. The number of hydrogen-bond donors (Lipinski definition) is 3. The minimum Gasteiger partial charge on any atom is -0.493 e. The molecule has 24 nitrogen and oxygen atoms in total. The zero-order valence-corrected chi connectivity index (χ0v) is 82.1. The van der Waals surface area contributed by atoms with Gasteiger partial charge in [0.1, 0.15) is 46.0 Å². The summed E-state index contributed by atoms with van der Waals surface area (Å²) in [6.07, 6.45) is 29.9. The van der Waals surface area contributed by atoms with E-state index in [0.29, 0.717) is 104 Å². The van der Waals surface area contributed by atoms with Crippen LogP contribution in [0, 0.1) is 23.7 Å². The number of imide groups is 2. The molecule has 1 saturated heterocycles. The molecule has 3 aliphatic heterocycles. The molecule has 130 heavy (non-hydrogen) atoms. The van der Waals surface area contributed by atoms with E-state index < -0.39 is 24.4 Å². The lowest BCUT2D eigenvalue weighted by Gasteiger charge is -2.32. The highest BCUT2D eigenvalue weighted by molar-refractivity contribution is 9.11. The van der Waals surface area contributed by atoms with E-state index in [1.54, 1.807) is 141 Å². The Morgan fingerprint density at radius 3 is 1.08 bits per heavy atom. The van der Waals surface area contributed by atoms with Crippen LogP contribution in [0.5, 0.6) is 66.8 Å². The van der Waals surface area contributed by atoms with Crippen molar-refractivity contribution in [1.29, 1.82) is 0 Å². The number of halogens is 5. The molecule has 4 saturated carbocycles. The summed E-state index contributed by atoms with van der Waals surface area (Å²) in [5.74, 6) is 8.66. The fourth-order valence-electron chi connectivity index (χ4n) is 12.1. The van der Waals surface area contributed by atoms with Crippen LogP contribution >= 0.6 is 108 Å². The molecule has 7 aliphatic rings. The largest absolute Gasteiger partial charge is 0.493 e. The van der Waals surface area contributed by atoms with Crippen molar-refractivity contribution in [2.75, 3.05) is 33.0 Å². The Morgan fingerprint density at radius 1 is 0.500 bits per heavy atom. The predicted octanol–water partition coefficient (Wildman–Crippen LogP) is 24.8. The molecular weight excluding hydrogens is 1880 g/mol. The second-order valence-electron chi connectivity index (χ2n) is 32.1. The van der Waals surface area contributed by atoms with Crippen LogP contribution in [0.1, 0.15) is 191 Å². The van der Waals surface area contributed by atoms with Gasteiger partial charge >= 0.3 is 7.12 Å². The molecule has 4 aliphatic carbocycles. The summed E-state index contributed by atoms with van der Waals surface area (Å²) in [7, 11) is -0.493. The molecule has 688 valence electrons. The van der Waals surface area contributed by atoms with E-state index in [-0.39, 0.29) is 54.3 Å². The zero-order valence-electron chi connectivity index (χ0n) is 74.2. The number of carbonyl (C=O) groups excluding carboxylic acids is 5. The van der Waals surface area contributed by atoms with Crippen molar-refractivity contribution in [2.45, 2.75) is 170 Å². The van der Waals surface area contributed by atoms with Gasteiger partial charge in [-0.2, -0.15) is 0 Å². The molecule has 4 N–H and O–H groups in total. The number of benzene rings is 6. The average molecular weight is 1990 g/mol. The molecule has 34 heteroatoms. The van der Waals surface area contributed by atoms with E-state index in [2.05, 4.69) is 41.2 Å². The van der Waals surface area contributed by atoms with Gasteiger partial charge in [0.25, 0.3) is 44.4 Å². The fourth-order valence-corrected chi connectivity index (χ4v) is 16.0. The number of aromatic nitrogens is 4. The van der Waals surface area contributed by atoms with Gasteiger partial charge in [0, 0.05) is 68.5 Å². The number of hydrogen-bond acceptors (Lipinski definition) is 25. The second kappa shape index (κ2) is 48.2. The first-order valence-electron chi connectivity index (χ1n) is 42.9. The first kappa shape index (κ1) is 101. The van der Waals surface area contributed by atoms with Gasteiger partial charge in [-0.1, -0.05) is 160 Å². The maximum Gasteiger partial charge on any atom is 0.486 e. The topological polar surface area (TPSA) is 294 Å². The summed E-state index contributed by atoms with van der Waals surface area (Å²) in [5.41, 5.74) is 6.65. The van der Waals surface area contributed by atoms with Gasteiger partial charge in [-0.3, -0.25) is 33.8 Å². The quantitative estimate of drug-likeness (QED) is 0.0269. The summed E-state index contributed by atoms with van der Waals surface area (Å²) in [6.45, 7) is 25.8. The lowest BCUT2D eigenvalue weighted by atomic mass is 9.89. The Hall–Kier alpha value is -9.51. The number of rotatable bonds is 31. The number of ether oxygens (including phenoxy) is 8. The van der Waals surface area contributed by atoms with Crippen LogP contribution in [0.4, 0.5) is 0 Å². The monoisotopic (exact) mass is 1980 g/mol. The third kappa shape index (κ3) is 30.5. The Morgan fingerprint density at radius 2 is 0.792 bits per heavy atom. The molecule has 0 unspecified atom stereocenters. The molecule has 6 aromatic carbocycles. The summed E-state index contributed by atoms with van der Waals surface area (Å²) in [6, 6.07) is 34.6. The molecule has 0 bridgehead atoms. The summed E-state index contributed by atoms with van der Waals surface area (Å²) in [5, 5.41) is 14.4. The third-order valence-corrected chi connectivity index (χ3v) is 25.5. The Kier molecular flexibility index (Phi) is 37.5. The first-order chi connectivity index (χ1) is 62.3. The van der Waals surface area contributed by atoms with Crippen molar-refractivity contribution >= 4 is 163 Å². The molecule has 4 atom stereocenters. The normalized spacial score (nSPS) is 16.5. The van der Waals surface area contributed by atoms with E-state index in [4.69, 9.17) is 104 Å². The molecule has 5 fully saturated rings. The molecular formula is C96H106BBrCl4N8O16S4. The molecule has 4 aromatic heterocycles. The number of nitrogens with two attached hydrogens (primary N) is 1. The van der Waals surface area contributed by atoms with Gasteiger partial charge in [0.15, 0.2) is 0 Å². The van der Waals surface area contributed by atoms with Crippen LogP contribution in [0.25, 0.3) is 18.2 Å². The second-order valence-corrected chi connectivity index (χ2v) is 39.2. The van der Waals surface area contributed by atoms with Crippen molar-refractivity contribution in [3.05, 3.63) is 237 Å². The van der Waals surface area contributed by atoms with Crippen LogP contribution < -0.4 is 48.9 Å². The van der Waals surface area contributed by atoms with Crippen LogP contribution in [-0.4, -0.2) is 140 Å². The van der Waals surface area contributed by atoms with Gasteiger partial charge in [-0.05, 0) is 244 Å². The summed E-state index contributed by atoms with van der Waals surface area (Å²) >= 11 is 34.0. The van der Waals surface area contributed by atoms with Gasteiger partial charge in [0.2, 0.25) is 5.91 Å². The smallest absolute Gasteiger partial charge is 0.486 e. The Balaban J connectivity index is 0.000000157. The van der Waals surface area contributed by atoms with Crippen LogP contribution in [-0.2, 0) is 14.1 Å². The SMILES string of the molecule is CC.CC(=O)N[C@@H](C)/C=C/c1cnc(Oc2ccc(OCC3CC3)cc2Cl)s1.CCO.C[C@@H](/C=C/B1OC(C)(C)C(C)(C)O1)N1C(=O)c2ccccc2C1=O.C[C@@H](/C=C/c1cnc(Oc2ccc(OCC3CC3)cc2Cl)s1)N1C(=O)c2ccccc2C1=O.C[C@H](N)/C=C/c1cnc(Oc2ccc(OCC3CC3)cc2Cl)s1.Clc1cc(OCC2CC2)ccc1Oc1ncc(Br)s1. The number of carbonyl (C=O) groups is 5. The lowest BCUT2D eigenvalue weighted by molar-refractivity contribution is -0.119. The summed E-state index contributed by atoms with van der Waals surface area (Å²) < 4.78 is 58.5. The van der Waals surface area contributed by atoms with Crippen LogP contribution in [0.2, 0.25) is 20.1 Å². The number of fused-ring (bicyclic) bond motifs is 2. The van der Waals surface area contributed by atoms with Crippen molar-refractivity contribution in [3.63, 3.8) is 0 Å². The van der Waals surface area contributed by atoms with Gasteiger partial charge in [-0.25, -0.2) is 19.9 Å². The van der Waals surface area contributed by atoms with E-state index in [9.17, 15) is 24.0 Å². The van der Waals surface area contributed by atoms with E-state index in [1.807, 2.05) is 130 Å². The van der Waals surface area contributed by atoms with Crippen molar-refractivity contribution in [1.82, 2.24) is 35.1 Å². The predicted molar refractivity (Wildman–Crippen MR) is 521 cm³/mol. The molecule has 5 amide bonds. The van der Waals surface area contributed by atoms with E-state index in [1.165, 1.54) is 113 Å². The maximum absolute atomic E-state index is 12.6. The average Bonchev–Trinajstić information content (AvgIpc) is 1.64. The minimum atomic E-state index is -0.493. The van der Waals surface area contributed by atoms with Crippen molar-refractivity contribution < 1.29 is 76.3 Å². The molecule has 0 radical (unpaired) electrons. The molecule has 0 spiro atoms. The maximum atomic E-state index is 12.6. The fraction of sp³-hybridized carbons (Fsp3) is 0.365. The number of nitrogens with zero attached hydrogens (tertiary/aromatic N) is 6. The highest BCUT2D eigenvalue weighted by Gasteiger charge is 2.50. The number of amides is 5. The first-order valence-corrected chi connectivity index (χ1v) is 48.5. The zero-order chi connectivity index (χ0) is 93.3. The lowest BCUT2D eigenvalue weighted by Crippen LogP contribution is -2.41. The van der Waals surface area contributed by atoms with Crippen molar-refractivity contribution in [3.8, 4) is 66.8 Å². The number of nitrogens with one attached hydrogen (secondary N) is 1. The van der Waals surface area contributed by atoms with Crippen LogP contribution in [0.3, 0.4) is 0 Å². The van der Waals surface area contributed by atoms with Gasteiger partial charge in [-0.15, -0.1) is 0 Å². The number of aliphatic hydroxyl groups is 1. The molecule has 17 rings (SSSR count). The number of aliphatic hydroxyl groups excluding tert-OH is 1. The highest BCUT2D eigenvalue weighted by Crippen LogP contribution is 2.43. The third-order valence-electron chi connectivity index (χ3n) is 20.5. The molecule has 7 heterocycles. The molecule has 10 aromatic rings.